The monoisotopic (exact) mass is 347 g/mol. The van der Waals surface area contributed by atoms with Crippen molar-refractivity contribution in [2.75, 3.05) is 0 Å². The lowest BCUT2D eigenvalue weighted by Crippen LogP contribution is -2.22. The number of rotatable bonds is 3. The molecule has 0 saturated carbocycles. The van der Waals surface area contributed by atoms with E-state index in [1.54, 1.807) is 19.1 Å². The van der Waals surface area contributed by atoms with E-state index in [2.05, 4.69) is 5.32 Å². The predicted octanol–water partition coefficient (Wildman–Crippen LogP) is 5.24. The summed E-state index contributed by atoms with van der Waals surface area (Å²) in [4.78, 5) is 12.9. The number of aryl methyl sites for hydroxylation is 2. The van der Waals surface area contributed by atoms with Crippen molar-refractivity contribution >= 4 is 38.9 Å². The molecule has 0 aliphatic heterocycles. The van der Waals surface area contributed by atoms with Crippen molar-refractivity contribution in [2.45, 2.75) is 20.4 Å². The molecule has 1 aromatic heterocycles. The summed E-state index contributed by atoms with van der Waals surface area (Å²) in [6, 6.07) is 10.7. The molecule has 3 aromatic rings. The Labute approximate surface area is 142 Å². The van der Waals surface area contributed by atoms with Gasteiger partial charge in [0, 0.05) is 16.6 Å². The first-order chi connectivity index (χ1) is 11.0. The maximum Gasteiger partial charge on any atom is 0.263 e. The molecule has 0 aliphatic carbocycles. The van der Waals surface area contributed by atoms with Crippen molar-refractivity contribution in [3.63, 3.8) is 0 Å². The summed E-state index contributed by atoms with van der Waals surface area (Å²) in [5.74, 6) is -0.458. The number of fused-ring (bicyclic) bond motifs is 1. The van der Waals surface area contributed by atoms with Crippen LogP contribution in [0.3, 0.4) is 0 Å². The van der Waals surface area contributed by atoms with Gasteiger partial charge < -0.3 is 5.32 Å². The van der Waals surface area contributed by atoms with E-state index in [1.165, 1.54) is 17.4 Å². The number of amides is 1. The average Bonchev–Trinajstić information content (AvgIpc) is 2.86. The third-order valence-electron chi connectivity index (χ3n) is 3.75. The minimum Gasteiger partial charge on any atom is -0.347 e. The van der Waals surface area contributed by atoms with Gasteiger partial charge in [0.1, 0.15) is 10.7 Å². The molecule has 0 spiro atoms. The number of hydrogen-bond donors (Lipinski definition) is 1. The van der Waals surface area contributed by atoms with Gasteiger partial charge in [-0.15, -0.1) is 11.3 Å². The molecule has 0 atom stereocenters. The fourth-order valence-electron chi connectivity index (χ4n) is 2.50. The molecule has 1 heterocycles. The third-order valence-corrected chi connectivity index (χ3v) is 5.39. The van der Waals surface area contributed by atoms with Crippen LogP contribution in [-0.2, 0) is 6.54 Å². The highest BCUT2D eigenvalue weighted by Gasteiger charge is 2.18. The first-order valence-corrected chi connectivity index (χ1v) is 8.37. The number of nitrogens with one attached hydrogen (secondary N) is 1. The topological polar surface area (TPSA) is 29.1 Å². The molecular weight excluding hydrogens is 333 g/mol. The smallest absolute Gasteiger partial charge is 0.263 e. The Kier molecular flexibility index (Phi) is 4.37. The Morgan fingerprint density at radius 1 is 1.22 bits per heavy atom. The average molecular weight is 348 g/mol. The maximum absolute atomic E-state index is 13.3. The van der Waals surface area contributed by atoms with Gasteiger partial charge in [0.05, 0.1) is 5.02 Å². The van der Waals surface area contributed by atoms with Gasteiger partial charge in [0.2, 0.25) is 0 Å². The summed E-state index contributed by atoms with van der Waals surface area (Å²) < 4.78 is 14.3. The van der Waals surface area contributed by atoms with Crippen LogP contribution in [0.1, 0.15) is 26.4 Å². The molecule has 0 bridgehead atoms. The molecule has 0 unspecified atom stereocenters. The van der Waals surface area contributed by atoms with E-state index in [-0.39, 0.29) is 11.7 Å². The Bertz CT molecular complexity index is 903. The van der Waals surface area contributed by atoms with Crippen LogP contribution in [0.25, 0.3) is 10.1 Å². The van der Waals surface area contributed by atoms with Crippen LogP contribution in [-0.4, -0.2) is 5.91 Å². The maximum atomic E-state index is 13.3. The van der Waals surface area contributed by atoms with Gasteiger partial charge in [-0.25, -0.2) is 4.39 Å². The lowest BCUT2D eigenvalue weighted by atomic mass is 10.1. The second kappa shape index (κ2) is 6.30. The Morgan fingerprint density at radius 3 is 2.70 bits per heavy atom. The number of carbonyl (C=O) groups is 1. The SMILES string of the molecule is Cc1cc(CNC(=O)c2sc3cccc(C)c3c2Cl)ccc1F. The Balaban J connectivity index is 1.82. The molecule has 2 aromatic carbocycles. The van der Waals surface area contributed by atoms with E-state index in [1.807, 2.05) is 25.1 Å². The zero-order valence-corrected chi connectivity index (χ0v) is 14.3. The largest absolute Gasteiger partial charge is 0.347 e. The van der Waals surface area contributed by atoms with E-state index in [4.69, 9.17) is 11.6 Å². The van der Waals surface area contributed by atoms with Gasteiger partial charge in [0.15, 0.2) is 0 Å². The summed E-state index contributed by atoms with van der Waals surface area (Å²) in [5.41, 5.74) is 2.47. The van der Waals surface area contributed by atoms with E-state index >= 15 is 0 Å². The van der Waals surface area contributed by atoms with Crippen molar-refractivity contribution < 1.29 is 9.18 Å². The molecule has 0 saturated heterocycles. The van der Waals surface area contributed by atoms with Crippen LogP contribution < -0.4 is 5.32 Å². The highest BCUT2D eigenvalue weighted by molar-refractivity contribution is 7.21. The molecule has 0 aliphatic rings. The van der Waals surface area contributed by atoms with Gasteiger partial charge in [0.25, 0.3) is 5.91 Å². The molecule has 2 nitrogen and oxygen atoms in total. The Morgan fingerprint density at radius 2 is 2.00 bits per heavy atom. The van der Waals surface area contributed by atoms with Gasteiger partial charge >= 0.3 is 0 Å². The molecule has 1 N–H and O–H groups in total. The van der Waals surface area contributed by atoms with E-state index < -0.39 is 0 Å². The van der Waals surface area contributed by atoms with Crippen molar-refractivity contribution in [2.24, 2.45) is 0 Å². The molecule has 1 amide bonds. The van der Waals surface area contributed by atoms with E-state index in [9.17, 15) is 9.18 Å². The highest BCUT2D eigenvalue weighted by atomic mass is 35.5. The standard InChI is InChI=1S/C18H15ClFNOS/c1-10-4-3-5-14-15(10)16(19)17(23-14)18(22)21-9-12-6-7-13(20)11(2)8-12/h3-8H,9H2,1-2H3,(H,21,22). The Hall–Kier alpha value is -1.91. The summed E-state index contributed by atoms with van der Waals surface area (Å²) in [5, 5.41) is 4.28. The first kappa shape index (κ1) is 16.0. The van der Waals surface area contributed by atoms with Crippen LogP contribution in [0.5, 0.6) is 0 Å². The first-order valence-electron chi connectivity index (χ1n) is 7.18. The summed E-state index contributed by atoms with van der Waals surface area (Å²) in [6.07, 6.45) is 0. The number of benzene rings is 2. The lowest BCUT2D eigenvalue weighted by molar-refractivity contribution is 0.0955. The molecule has 5 heteroatoms. The molecular formula is C18H15ClFNOS. The second-order valence-corrected chi connectivity index (χ2v) is 6.89. The zero-order valence-electron chi connectivity index (χ0n) is 12.7. The van der Waals surface area contributed by atoms with Crippen LogP contribution >= 0.6 is 22.9 Å². The second-order valence-electron chi connectivity index (χ2n) is 5.46. The molecule has 3 rings (SSSR count). The molecule has 23 heavy (non-hydrogen) atoms. The fourth-order valence-corrected chi connectivity index (χ4v) is 4.10. The van der Waals surface area contributed by atoms with Crippen molar-refractivity contribution in [1.29, 1.82) is 0 Å². The summed E-state index contributed by atoms with van der Waals surface area (Å²) in [7, 11) is 0. The van der Waals surface area contributed by atoms with Crippen LogP contribution in [0.2, 0.25) is 5.02 Å². The third kappa shape index (κ3) is 3.09. The van der Waals surface area contributed by atoms with Gasteiger partial charge in [-0.1, -0.05) is 35.9 Å². The molecule has 0 fully saturated rings. The number of thiophene rings is 1. The van der Waals surface area contributed by atoms with Gasteiger partial charge in [-0.05, 0) is 42.7 Å². The molecule has 0 radical (unpaired) electrons. The minimum absolute atomic E-state index is 0.211. The zero-order chi connectivity index (χ0) is 16.6. The van der Waals surface area contributed by atoms with Crippen LogP contribution in [0.15, 0.2) is 36.4 Å². The van der Waals surface area contributed by atoms with Gasteiger partial charge in [-0.3, -0.25) is 4.79 Å². The van der Waals surface area contributed by atoms with Crippen LogP contribution in [0.4, 0.5) is 4.39 Å². The molecule has 118 valence electrons. The number of hydrogen-bond acceptors (Lipinski definition) is 2. The van der Waals surface area contributed by atoms with Crippen LogP contribution in [0, 0.1) is 19.7 Å². The number of halogens is 2. The summed E-state index contributed by atoms with van der Waals surface area (Å²) in [6.45, 7) is 4.01. The normalized spacial score (nSPS) is 11.0. The number of carbonyl (C=O) groups excluding carboxylic acids is 1. The quantitative estimate of drug-likeness (QED) is 0.689. The lowest BCUT2D eigenvalue weighted by Gasteiger charge is -2.06. The summed E-state index contributed by atoms with van der Waals surface area (Å²) >= 11 is 7.77. The van der Waals surface area contributed by atoms with Gasteiger partial charge in [-0.2, -0.15) is 0 Å². The van der Waals surface area contributed by atoms with Crippen molar-refractivity contribution in [3.8, 4) is 0 Å². The fraction of sp³-hybridized carbons (Fsp3) is 0.167. The van der Waals surface area contributed by atoms with E-state index in [0.29, 0.717) is 22.0 Å². The highest BCUT2D eigenvalue weighted by Crippen LogP contribution is 2.37. The van der Waals surface area contributed by atoms with Crippen molar-refractivity contribution in [3.05, 3.63) is 68.8 Å². The predicted molar refractivity (Wildman–Crippen MR) is 93.9 cm³/mol. The van der Waals surface area contributed by atoms with Crippen molar-refractivity contribution in [1.82, 2.24) is 5.32 Å². The minimum atomic E-state index is -0.247. The van der Waals surface area contributed by atoms with E-state index in [0.717, 1.165) is 21.2 Å².